The summed E-state index contributed by atoms with van der Waals surface area (Å²) in [6.45, 7) is 3.38. The van der Waals surface area contributed by atoms with Gasteiger partial charge in [0.2, 0.25) is 10.0 Å². The number of nitrogens with one attached hydrogen (secondary N) is 1. The summed E-state index contributed by atoms with van der Waals surface area (Å²) < 4.78 is 75.4. The van der Waals surface area contributed by atoms with Gasteiger partial charge in [-0.15, -0.1) is 0 Å². The largest absolute Gasteiger partial charge is 0.416 e. The van der Waals surface area contributed by atoms with Crippen molar-refractivity contribution in [2.24, 2.45) is 0 Å². The van der Waals surface area contributed by atoms with Crippen LogP contribution >= 0.6 is 11.6 Å². The third-order valence-corrected chi connectivity index (χ3v) is 5.02. The summed E-state index contributed by atoms with van der Waals surface area (Å²) in [5, 5.41) is -0.297. The molecular formula is C13H15ClF3NO4S. The Morgan fingerprint density at radius 2 is 2.04 bits per heavy atom. The lowest BCUT2D eigenvalue weighted by Gasteiger charge is -2.17. The molecule has 1 N–H and O–H groups in total. The number of hydrogen-bond acceptors (Lipinski definition) is 4. The molecule has 0 amide bonds. The molecule has 1 aromatic carbocycles. The minimum Gasteiger partial charge on any atom is -0.348 e. The van der Waals surface area contributed by atoms with Gasteiger partial charge in [-0.05, 0) is 32.0 Å². The maximum absolute atomic E-state index is 12.7. The van der Waals surface area contributed by atoms with Gasteiger partial charge in [-0.25, -0.2) is 13.1 Å². The molecule has 0 aromatic heterocycles. The quantitative estimate of drug-likeness (QED) is 0.881. The Kier molecular flexibility index (Phi) is 4.99. The van der Waals surface area contributed by atoms with Crippen LogP contribution in [0.2, 0.25) is 5.02 Å². The van der Waals surface area contributed by atoms with Gasteiger partial charge >= 0.3 is 6.18 Å². The number of ether oxygens (including phenoxy) is 2. The van der Waals surface area contributed by atoms with Crippen molar-refractivity contribution in [1.29, 1.82) is 0 Å². The molecule has 10 heteroatoms. The number of rotatable bonds is 4. The Labute approximate surface area is 136 Å². The summed E-state index contributed by atoms with van der Waals surface area (Å²) in [6, 6.07) is 2.12. The van der Waals surface area contributed by atoms with Gasteiger partial charge in [-0.1, -0.05) is 11.6 Å². The van der Waals surface area contributed by atoms with Crippen molar-refractivity contribution in [2.45, 2.75) is 36.8 Å². The summed E-state index contributed by atoms with van der Waals surface area (Å²) in [5.41, 5.74) is -1.09. The van der Waals surface area contributed by atoms with Gasteiger partial charge in [0, 0.05) is 6.54 Å². The van der Waals surface area contributed by atoms with E-state index in [9.17, 15) is 21.6 Å². The monoisotopic (exact) mass is 373 g/mol. The van der Waals surface area contributed by atoms with Crippen molar-refractivity contribution in [3.63, 3.8) is 0 Å². The van der Waals surface area contributed by atoms with Crippen LogP contribution in [0.5, 0.6) is 0 Å². The molecule has 130 valence electrons. The van der Waals surface area contributed by atoms with E-state index in [4.69, 9.17) is 21.1 Å². The van der Waals surface area contributed by atoms with Crippen LogP contribution in [-0.4, -0.2) is 33.5 Å². The minimum atomic E-state index is -4.67. The molecular weight excluding hydrogens is 359 g/mol. The highest BCUT2D eigenvalue weighted by Crippen LogP contribution is 2.33. The lowest BCUT2D eigenvalue weighted by atomic mass is 10.2. The van der Waals surface area contributed by atoms with Crippen molar-refractivity contribution >= 4 is 21.6 Å². The summed E-state index contributed by atoms with van der Waals surface area (Å²) in [6.07, 6.45) is -5.20. The van der Waals surface area contributed by atoms with Crippen molar-refractivity contribution in [3.05, 3.63) is 28.8 Å². The number of hydrogen-bond donors (Lipinski definition) is 1. The Hall–Kier alpha value is -0.870. The summed E-state index contributed by atoms with van der Waals surface area (Å²) in [7, 11) is -4.22. The smallest absolute Gasteiger partial charge is 0.348 e. The Bertz CT molecular complexity index is 691. The second-order valence-corrected chi connectivity index (χ2v) is 7.59. The molecule has 23 heavy (non-hydrogen) atoms. The summed E-state index contributed by atoms with van der Waals surface area (Å²) in [5.74, 6) is -0.829. The van der Waals surface area contributed by atoms with E-state index in [0.29, 0.717) is 6.07 Å². The fourth-order valence-electron chi connectivity index (χ4n) is 2.03. The average Bonchev–Trinajstić information content (AvgIpc) is 2.75. The topological polar surface area (TPSA) is 64.6 Å². The third-order valence-electron chi connectivity index (χ3n) is 3.12. The van der Waals surface area contributed by atoms with Crippen molar-refractivity contribution < 1.29 is 31.1 Å². The zero-order valence-corrected chi connectivity index (χ0v) is 13.8. The molecule has 0 bridgehead atoms. The van der Waals surface area contributed by atoms with Crippen molar-refractivity contribution in [1.82, 2.24) is 4.72 Å². The van der Waals surface area contributed by atoms with Crippen LogP contribution in [0, 0.1) is 0 Å². The van der Waals surface area contributed by atoms with Crippen LogP contribution in [0.25, 0.3) is 0 Å². The second-order valence-electron chi connectivity index (χ2n) is 5.45. The van der Waals surface area contributed by atoms with Crippen LogP contribution in [0.1, 0.15) is 19.4 Å². The third kappa shape index (κ3) is 4.57. The van der Waals surface area contributed by atoms with Gasteiger partial charge in [0.25, 0.3) is 0 Å². The van der Waals surface area contributed by atoms with E-state index in [-0.39, 0.29) is 18.2 Å². The first-order valence-corrected chi connectivity index (χ1v) is 8.45. The second kappa shape index (κ2) is 6.21. The molecule has 0 radical (unpaired) electrons. The normalized spacial score (nSPS) is 21.6. The molecule has 0 spiro atoms. The molecule has 1 saturated heterocycles. The SMILES string of the molecule is CC1(C)OCC(CNS(=O)(=O)c2cc(C(F)(F)F)ccc2Cl)O1. The van der Waals surface area contributed by atoms with Gasteiger partial charge in [0.1, 0.15) is 4.90 Å². The standard InChI is InChI=1S/C13H15ClF3NO4S/c1-12(2)21-7-9(22-12)6-18-23(19,20)11-5-8(13(15,16)17)3-4-10(11)14/h3-5,9,18H,6-7H2,1-2H3. The maximum Gasteiger partial charge on any atom is 0.416 e. The molecule has 0 aliphatic carbocycles. The van der Waals surface area contributed by atoms with E-state index in [0.717, 1.165) is 12.1 Å². The van der Waals surface area contributed by atoms with Crippen LogP contribution in [0.4, 0.5) is 13.2 Å². The summed E-state index contributed by atoms with van der Waals surface area (Å²) in [4.78, 5) is -0.632. The molecule has 1 fully saturated rings. The highest BCUT2D eigenvalue weighted by Gasteiger charge is 2.35. The Morgan fingerprint density at radius 1 is 1.39 bits per heavy atom. The predicted molar refractivity (Wildman–Crippen MR) is 76.5 cm³/mol. The van der Waals surface area contributed by atoms with E-state index in [1.54, 1.807) is 13.8 Å². The molecule has 2 rings (SSSR count). The number of benzene rings is 1. The maximum atomic E-state index is 12.7. The fraction of sp³-hybridized carbons (Fsp3) is 0.538. The summed E-state index contributed by atoms with van der Waals surface area (Å²) >= 11 is 5.73. The first-order chi connectivity index (χ1) is 10.4. The van der Waals surface area contributed by atoms with Gasteiger partial charge in [-0.3, -0.25) is 0 Å². The van der Waals surface area contributed by atoms with E-state index in [2.05, 4.69) is 4.72 Å². The van der Waals surface area contributed by atoms with Gasteiger partial charge in [0.05, 0.1) is 23.3 Å². The molecule has 1 aliphatic rings. The molecule has 1 unspecified atom stereocenters. The van der Waals surface area contributed by atoms with E-state index in [1.807, 2.05) is 0 Å². The van der Waals surface area contributed by atoms with E-state index >= 15 is 0 Å². The number of sulfonamides is 1. The zero-order valence-electron chi connectivity index (χ0n) is 12.3. The molecule has 5 nitrogen and oxygen atoms in total. The lowest BCUT2D eigenvalue weighted by molar-refractivity contribution is -0.138. The van der Waals surface area contributed by atoms with E-state index < -0.39 is 38.5 Å². The Morgan fingerprint density at radius 3 is 2.57 bits per heavy atom. The zero-order chi connectivity index (χ0) is 17.5. The van der Waals surface area contributed by atoms with E-state index in [1.165, 1.54) is 0 Å². The molecule has 1 aliphatic heterocycles. The first-order valence-electron chi connectivity index (χ1n) is 6.59. The molecule has 1 heterocycles. The highest BCUT2D eigenvalue weighted by atomic mass is 35.5. The highest BCUT2D eigenvalue weighted by molar-refractivity contribution is 7.89. The minimum absolute atomic E-state index is 0.141. The van der Waals surface area contributed by atoms with Gasteiger partial charge in [0.15, 0.2) is 5.79 Å². The first kappa shape index (κ1) is 18.5. The van der Waals surface area contributed by atoms with Crippen LogP contribution < -0.4 is 4.72 Å². The van der Waals surface area contributed by atoms with Crippen LogP contribution in [-0.2, 0) is 25.7 Å². The fourth-order valence-corrected chi connectivity index (χ4v) is 3.62. The Balaban J connectivity index is 2.16. The lowest BCUT2D eigenvalue weighted by Crippen LogP contribution is -2.34. The van der Waals surface area contributed by atoms with Crippen LogP contribution in [0.15, 0.2) is 23.1 Å². The number of halogens is 4. The average molecular weight is 374 g/mol. The molecule has 1 atom stereocenters. The van der Waals surface area contributed by atoms with Gasteiger partial charge in [-0.2, -0.15) is 13.2 Å². The molecule has 0 saturated carbocycles. The molecule has 1 aromatic rings. The van der Waals surface area contributed by atoms with Gasteiger partial charge < -0.3 is 9.47 Å². The number of alkyl halides is 3. The van der Waals surface area contributed by atoms with Crippen molar-refractivity contribution in [3.8, 4) is 0 Å². The predicted octanol–water partition coefficient (Wildman–Crippen LogP) is 2.79. The van der Waals surface area contributed by atoms with Crippen molar-refractivity contribution in [2.75, 3.05) is 13.2 Å². The van der Waals surface area contributed by atoms with Crippen LogP contribution in [0.3, 0.4) is 0 Å².